The second-order valence-electron chi connectivity index (χ2n) is 3.44. The van der Waals surface area contributed by atoms with Crippen molar-refractivity contribution in [3.05, 3.63) is 50.8 Å². The molecule has 0 saturated heterocycles. The van der Waals surface area contributed by atoms with Gasteiger partial charge < -0.3 is 14.3 Å². The van der Waals surface area contributed by atoms with Crippen molar-refractivity contribution in [3.63, 3.8) is 0 Å². The Balaban J connectivity index is 2.28. The summed E-state index contributed by atoms with van der Waals surface area (Å²) in [4.78, 5) is 22.8. The average molecular weight is 390 g/mol. The molecule has 0 unspecified atom stereocenters. The highest BCUT2D eigenvalue weighted by Gasteiger charge is 2.18. The molecular formula is C12H6Br2O5. The van der Waals surface area contributed by atoms with Crippen molar-refractivity contribution in [1.29, 1.82) is 0 Å². The number of benzene rings is 1. The Hall–Kier alpha value is -1.60. The standard InChI is InChI=1S/C12H6Br2O5/c13-6-1-2-8(7(5-6)11(15)16)19-12(17)9-3-4-10(14)18-9/h1-5H,(H,15,16). The Kier molecular flexibility index (Phi) is 4.06. The summed E-state index contributed by atoms with van der Waals surface area (Å²) in [5.74, 6) is -2.03. The molecule has 1 N–H and O–H groups in total. The number of furan rings is 1. The summed E-state index contributed by atoms with van der Waals surface area (Å²) in [6, 6.07) is 7.28. The quantitative estimate of drug-likeness (QED) is 0.639. The number of halogens is 2. The maximum atomic E-state index is 11.7. The first-order valence-corrected chi connectivity index (χ1v) is 6.56. The molecule has 1 heterocycles. The van der Waals surface area contributed by atoms with Gasteiger partial charge in [-0.3, -0.25) is 0 Å². The van der Waals surface area contributed by atoms with Gasteiger partial charge in [0.25, 0.3) is 0 Å². The van der Waals surface area contributed by atoms with Crippen LogP contribution < -0.4 is 4.74 Å². The van der Waals surface area contributed by atoms with Gasteiger partial charge >= 0.3 is 11.9 Å². The first kappa shape index (κ1) is 13.8. The number of rotatable bonds is 3. The highest BCUT2D eigenvalue weighted by atomic mass is 79.9. The van der Waals surface area contributed by atoms with Crippen LogP contribution in [0.1, 0.15) is 20.9 Å². The second kappa shape index (κ2) is 5.58. The van der Waals surface area contributed by atoms with Crippen molar-refractivity contribution in [2.75, 3.05) is 0 Å². The van der Waals surface area contributed by atoms with Crippen LogP contribution in [0.3, 0.4) is 0 Å². The summed E-state index contributed by atoms with van der Waals surface area (Å²) in [6.45, 7) is 0. The predicted molar refractivity (Wildman–Crippen MR) is 72.5 cm³/mol. The lowest BCUT2D eigenvalue weighted by atomic mass is 10.2. The summed E-state index contributed by atoms with van der Waals surface area (Å²) < 4.78 is 11.0. The van der Waals surface area contributed by atoms with E-state index in [0.717, 1.165) is 0 Å². The Morgan fingerprint density at radius 2 is 1.89 bits per heavy atom. The SMILES string of the molecule is O=C(Oc1ccc(Br)cc1C(=O)O)c1ccc(Br)o1. The number of ether oxygens (including phenoxy) is 1. The van der Waals surface area contributed by atoms with E-state index in [4.69, 9.17) is 14.3 Å². The van der Waals surface area contributed by atoms with Crippen LogP contribution in [0.25, 0.3) is 0 Å². The number of hydrogen-bond acceptors (Lipinski definition) is 4. The van der Waals surface area contributed by atoms with E-state index >= 15 is 0 Å². The van der Waals surface area contributed by atoms with E-state index in [1.165, 1.54) is 24.3 Å². The lowest BCUT2D eigenvalue weighted by Gasteiger charge is -2.06. The van der Waals surface area contributed by atoms with Crippen molar-refractivity contribution in [1.82, 2.24) is 0 Å². The van der Waals surface area contributed by atoms with Gasteiger partial charge in [0.1, 0.15) is 11.3 Å². The normalized spacial score (nSPS) is 10.2. The minimum absolute atomic E-state index is 0.0221. The minimum atomic E-state index is -1.19. The molecule has 7 heteroatoms. The molecular weight excluding hydrogens is 384 g/mol. The first-order chi connectivity index (χ1) is 8.97. The van der Waals surface area contributed by atoms with Crippen LogP contribution in [0.4, 0.5) is 0 Å². The van der Waals surface area contributed by atoms with Crippen molar-refractivity contribution in [3.8, 4) is 5.75 Å². The number of carboxylic acid groups (broad SMARTS) is 1. The molecule has 0 saturated carbocycles. The van der Waals surface area contributed by atoms with Gasteiger partial charge in [0.15, 0.2) is 4.67 Å². The fourth-order valence-electron chi connectivity index (χ4n) is 1.33. The number of esters is 1. The first-order valence-electron chi connectivity index (χ1n) is 4.98. The second-order valence-corrected chi connectivity index (χ2v) is 5.14. The largest absolute Gasteiger partial charge is 0.478 e. The van der Waals surface area contributed by atoms with E-state index in [9.17, 15) is 9.59 Å². The molecule has 0 amide bonds. The van der Waals surface area contributed by atoms with Gasteiger partial charge in [-0.15, -0.1) is 0 Å². The third-order valence-electron chi connectivity index (χ3n) is 2.15. The summed E-state index contributed by atoms with van der Waals surface area (Å²) in [6.07, 6.45) is 0. The molecule has 1 aromatic heterocycles. The Bertz CT molecular complexity index is 647. The zero-order chi connectivity index (χ0) is 14.0. The summed E-state index contributed by atoms with van der Waals surface area (Å²) in [5.41, 5.74) is -0.117. The molecule has 0 bridgehead atoms. The maximum absolute atomic E-state index is 11.7. The highest BCUT2D eigenvalue weighted by Crippen LogP contribution is 2.24. The van der Waals surface area contributed by atoms with Crippen LogP contribution in [0, 0.1) is 0 Å². The van der Waals surface area contributed by atoms with Crippen molar-refractivity contribution >= 4 is 43.8 Å². The van der Waals surface area contributed by atoms with E-state index in [2.05, 4.69) is 31.9 Å². The Morgan fingerprint density at radius 1 is 1.16 bits per heavy atom. The number of aromatic carboxylic acids is 1. The molecule has 0 fully saturated rings. The third-order valence-corrected chi connectivity index (χ3v) is 3.07. The number of carboxylic acids is 1. The van der Waals surface area contributed by atoms with E-state index in [1.54, 1.807) is 6.07 Å². The smallest absolute Gasteiger partial charge is 0.379 e. The van der Waals surface area contributed by atoms with Gasteiger partial charge in [0.2, 0.25) is 5.76 Å². The molecule has 5 nitrogen and oxygen atoms in total. The van der Waals surface area contributed by atoms with Crippen LogP contribution in [0.15, 0.2) is 43.9 Å². The molecule has 0 radical (unpaired) electrons. The molecule has 0 aliphatic carbocycles. The van der Waals surface area contributed by atoms with Crippen molar-refractivity contribution in [2.45, 2.75) is 0 Å². The van der Waals surface area contributed by atoms with Gasteiger partial charge in [0.05, 0.1) is 0 Å². The zero-order valence-electron chi connectivity index (χ0n) is 9.22. The van der Waals surface area contributed by atoms with Gasteiger partial charge in [-0.1, -0.05) is 15.9 Å². The monoisotopic (exact) mass is 388 g/mol. The third kappa shape index (κ3) is 3.24. The summed E-state index contributed by atoms with van der Waals surface area (Å²) in [5, 5.41) is 9.03. The van der Waals surface area contributed by atoms with Gasteiger partial charge in [-0.2, -0.15) is 0 Å². The molecule has 2 aromatic rings. The van der Waals surface area contributed by atoms with Gasteiger partial charge in [-0.25, -0.2) is 9.59 Å². The average Bonchev–Trinajstić information content (AvgIpc) is 2.78. The van der Waals surface area contributed by atoms with Crippen LogP contribution in [-0.2, 0) is 0 Å². The van der Waals surface area contributed by atoms with Crippen LogP contribution in [0.2, 0.25) is 0 Å². The lowest BCUT2D eigenvalue weighted by Crippen LogP contribution is -2.10. The Morgan fingerprint density at radius 3 is 2.47 bits per heavy atom. The molecule has 0 spiro atoms. The summed E-state index contributed by atoms with van der Waals surface area (Å²) in [7, 11) is 0. The lowest BCUT2D eigenvalue weighted by molar-refractivity contribution is 0.0669. The summed E-state index contributed by atoms with van der Waals surface area (Å²) >= 11 is 6.21. The van der Waals surface area contributed by atoms with Gasteiger partial charge in [-0.05, 0) is 46.3 Å². The number of hydrogen-bond donors (Lipinski definition) is 1. The van der Waals surface area contributed by atoms with Crippen LogP contribution in [0.5, 0.6) is 5.75 Å². The van der Waals surface area contributed by atoms with Crippen LogP contribution >= 0.6 is 31.9 Å². The highest BCUT2D eigenvalue weighted by molar-refractivity contribution is 9.10. The van der Waals surface area contributed by atoms with Crippen molar-refractivity contribution in [2.24, 2.45) is 0 Å². The van der Waals surface area contributed by atoms with Crippen molar-refractivity contribution < 1.29 is 23.8 Å². The molecule has 0 aliphatic rings. The maximum Gasteiger partial charge on any atom is 0.379 e. The van der Waals surface area contributed by atoms with E-state index < -0.39 is 11.9 Å². The molecule has 19 heavy (non-hydrogen) atoms. The molecule has 98 valence electrons. The predicted octanol–water partition coefficient (Wildman–Crippen LogP) is 3.72. The number of carbonyl (C=O) groups is 2. The van der Waals surface area contributed by atoms with E-state index in [0.29, 0.717) is 9.14 Å². The topological polar surface area (TPSA) is 76.7 Å². The number of carbonyl (C=O) groups excluding carboxylic acids is 1. The Labute approximate surface area is 124 Å². The molecule has 0 aliphatic heterocycles. The fraction of sp³-hybridized carbons (Fsp3) is 0. The molecule has 0 atom stereocenters. The van der Waals surface area contributed by atoms with E-state index in [-0.39, 0.29) is 17.1 Å². The molecule has 2 rings (SSSR count). The van der Waals surface area contributed by atoms with E-state index in [1.807, 2.05) is 0 Å². The van der Waals surface area contributed by atoms with Crippen LogP contribution in [-0.4, -0.2) is 17.0 Å². The minimum Gasteiger partial charge on any atom is -0.478 e. The molecule has 1 aromatic carbocycles. The van der Waals surface area contributed by atoms with Gasteiger partial charge in [0, 0.05) is 4.47 Å². The zero-order valence-corrected chi connectivity index (χ0v) is 12.4. The fourth-order valence-corrected chi connectivity index (χ4v) is 2.00.